The van der Waals surface area contributed by atoms with Crippen LogP contribution in [0.4, 0.5) is 0 Å². The summed E-state index contributed by atoms with van der Waals surface area (Å²) in [6.45, 7) is 0. The Hall–Kier alpha value is -2.22. The molecule has 3 heteroatoms. The van der Waals surface area contributed by atoms with E-state index in [-0.39, 0.29) is 0 Å². The molecule has 0 N–H and O–H groups in total. The molecule has 3 aromatic carbocycles. The maximum absolute atomic E-state index is 4.83. The van der Waals surface area contributed by atoms with E-state index in [0.717, 1.165) is 15.0 Å². The van der Waals surface area contributed by atoms with Crippen molar-refractivity contribution in [3.63, 3.8) is 0 Å². The zero-order valence-electron chi connectivity index (χ0n) is 11.8. The van der Waals surface area contributed by atoms with Gasteiger partial charge in [0.1, 0.15) is 0 Å². The van der Waals surface area contributed by atoms with Crippen LogP contribution in [0.5, 0.6) is 0 Å². The first-order valence-corrected chi connectivity index (χ1v) is 10.6. The zero-order valence-corrected chi connectivity index (χ0v) is 14.2. The number of benzene rings is 3. The van der Waals surface area contributed by atoms with Crippen LogP contribution in [0.15, 0.2) is 94.9 Å². The Morgan fingerprint density at radius 3 is 1.36 bits per heavy atom. The number of hydrogen-bond donors (Lipinski definition) is 0. The number of fused-ring (bicyclic) bond motifs is 1. The molecule has 0 aliphatic carbocycles. The SMILES string of the molecule is c1cc[c]([Ir](=[C]2N=c3ccccc3=N2)[c]2ccccc2)cc1. The molecular weight excluding hydrogens is 448 g/mol. The molecule has 22 heavy (non-hydrogen) atoms. The van der Waals surface area contributed by atoms with Crippen molar-refractivity contribution in [1.82, 2.24) is 0 Å². The fourth-order valence-electron chi connectivity index (χ4n) is 2.26. The topological polar surface area (TPSA) is 24.7 Å². The van der Waals surface area contributed by atoms with Crippen molar-refractivity contribution in [3.05, 3.63) is 95.6 Å². The summed E-state index contributed by atoms with van der Waals surface area (Å²) in [6, 6.07) is 29.5. The second-order valence-corrected chi connectivity index (χ2v) is 10.4. The Morgan fingerprint density at radius 1 is 0.500 bits per heavy atom. The maximum atomic E-state index is 4.83. The first-order chi connectivity index (χ1) is 10.9. The van der Waals surface area contributed by atoms with Crippen LogP contribution in [-0.4, -0.2) is 4.27 Å². The molecule has 0 saturated carbocycles. The van der Waals surface area contributed by atoms with Gasteiger partial charge in [0.2, 0.25) is 0 Å². The average Bonchev–Trinajstić information content (AvgIpc) is 3.00. The Morgan fingerprint density at radius 2 is 0.909 bits per heavy atom. The van der Waals surface area contributed by atoms with E-state index in [9.17, 15) is 0 Å². The number of hydrogen-bond acceptors (Lipinski definition) is 2. The molecule has 0 unspecified atom stereocenters. The van der Waals surface area contributed by atoms with Gasteiger partial charge in [0.05, 0.1) is 0 Å². The van der Waals surface area contributed by atoms with Gasteiger partial charge < -0.3 is 0 Å². The van der Waals surface area contributed by atoms with Crippen molar-refractivity contribution in [3.8, 4) is 0 Å². The summed E-state index contributed by atoms with van der Waals surface area (Å²) < 4.78 is 3.78. The van der Waals surface area contributed by atoms with E-state index in [4.69, 9.17) is 9.98 Å². The molecule has 0 fully saturated rings. The van der Waals surface area contributed by atoms with Gasteiger partial charge in [0.15, 0.2) is 0 Å². The van der Waals surface area contributed by atoms with E-state index in [1.807, 2.05) is 24.3 Å². The zero-order chi connectivity index (χ0) is 14.8. The molecule has 1 aliphatic heterocycles. The molecule has 0 bridgehead atoms. The van der Waals surface area contributed by atoms with Crippen molar-refractivity contribution in [2.24, 2.45) is 9.98 Å². The molecule has 0 amide bonds. The van der Waals surface area contributed by atoms with Crippen LogP contribution < -0.4 is 18.9 Å². The van der Waals surface area contributed by atoms with E-state index in [1.165, 1.54) is 8.15 Å². The molecular formula is C19H14IrN2. The van der Waals surface area contributed by atoms with Gasteiger partial charge in [-0.3, -0.25) is 0 Å². The second kappa shape index (κ2) is 5.88. The summed E-state index contributed by atoms with van der Waals surface area (Å²) in [5.74, 6) is 0. The standard InChI is InChI=1S/C7H4N2.2C6H5.Ir/c1-2-4-7-6(3-1)8-5-9-7;2*1-2-4-6-5-3-1;/h1-4H;2*1-5H;. The molecule has 0 saturated heterocycles. The van der Waals surface area contributed by atoms with Crippen LogP contribution in [0.2, 0.25) is 0 Å². The molecule has 1 aliphatic rings. The first kappa shape index (κ1) is 13.4. The molecule has 0 radical (unpaired) electrons. The molecule has 1 heterocycles. The van der Waals surface area contributed by atoms with Crippen LogP contribution >= 0.6 is 0 Å². The van der Waals surface area contributed by atoms with E-state index < -0.39 is 16.0 Å². The van der Waals surface area contributed by atoms with Gasteiger partial charge >= 0.3 is 134 Å². The molecule has 4 rings (SSSR count). The van der Waals surface area contributed by atoms with Gasteiger partial charge in [-0.2, -0.15) is 0 Å². The number of nitrogens with zero attached hydrogens (tertiary/aromatic N) is 2. The van der Waals surface area contributed by atoms with E-state index >= 15 is 0 Å². The van der Waals surface area contributed by atoms with Gasteiger partial charge in [-0.1, -0.05) is 0 Å². The van der Waals surface area contributed by atoms with Crippen LogP contribution in [-0.2, 0) is 16.0 Å². The van der Waals surface area contributed by atoms with Crippen molar-refractivity contribution < 1.29 is 16.0 Å². The van der Waals surface area contributed by atoms with Crippen LogP contribution in [0, 0.1) is 0 Å². The Kier molecular flexibility index (Phi) is 3.59. The molecule has 2 nitrogen and oxygen atoms in total. The fourth-order valence-corrected chi connectivity index (χ4v) is 7.92. The minimum absolute atomic E-state index is 0.995. The third-order valence-corrected chi connectivity index (χ3v) is 9.24. The molecule has 0 aromatic heterocycles. The molecule has 3 aromatic rings. The fraction of sp³-hybridized carbons (Fsp3) is 0. The van der Waals surface area contributed by atoms with Crippen molar-refractivity contribution >= 4 is 12.4 Å². The Labute approximate surface area is 134 Å². The summed E-state index contributed by atoms with van der Waals surface area (Å²) in [4.78, 5) is 9.66. The molecule has 109 valence electrons. The third-order valence-electron chi connectivity index (χ3n) is 3.27. The summed E-state index contributed by atoms with van der Waals surface area (Å²) >= 11 is -1.94. The predicted molar refractivity (Wildman–Crippen MR) is 85.9 cm³/mol. The Balaban J connectivity index is 2.01. The first-order valence-electron chi connectivity index (χ1n) is 7.04. The summed E-state index contributed by atoms with van der Waals surface area (Å²) in [6.07, 6.45) is 0. The summed E-state index contributed by atoms with van der Waals surface area (Å²) in [5, 5.41) is 1.99. The number of para-hydroxylation sites is 2. The van der Waals surface area contributed by atoms with E-state index in [1.54, 1.807) is 0 Å². The van der Waals surface area contributed by atoms with Gasteiger partial charge in [0, 0.05) is 0 Å². The van der Waals surface area contributed by atoms with Crippen LogP contribution in [0.1, 0.15) is 0 Å². The van der Waals surface area contributed by atoms with E-state index in [0.29, 0.717) is 0 Å². The van der Waals surface area contributed by atoms with Gasteiger partial charge in [-0.15, -0.1) is 0 Å². The summed E-state index contributed by atoms with van der Waals surface area (Å²) in [5.41, 5.74) is 0. The third kappa shape index (κ3) is 2.50. The second-order valence-electron chi connectivity index (χ2n) is 4.75. The Bertz CT molecular complexity index is 883. The number of rotatable bonds is 2. The normalized spacial score (nSPS) is 13.1. The van der Waals surface area contributed by atoms with Crippen LogP contribution in [0.3, 0.4) is 0 Å². The van der Waals surface area contributed by atoms with E-state index in [2.05, 4.69) is 60.7 Å². The molecule has 0 atom stereocenters. The monoisotopic (exact) mass is 463 g/mol. The molecule has 0 spiro atoms. The van der Waals surface area contributed by atoms with Crippen molar-refractivity contribution in [2.45, 2.75) is 0 Å². The minimum atomic E-state index is -1.94. The van der Waals surface area contributed by atoms with Crippen molar-refractivity contribution in [1.29, 1.82) is 0 Å². The van der Waals surface area contributed by atoms with Gasteiger partial charge in [-0.05, 0) is 0 Å². The van der Waals surface area contributed by atoms with Gasteiger partial charge in [0.25, 0.3) is 0 Å². The van der Waals surface area contributed by atoms with Crippen LogP contribution in [0.25, 0.3) is 0 Å². The van der Waals surface area contributed by atoms with Gasteiger partial charge in [-0.25, -0.2) is 0 Å². The average molecular weight is 463 g/mol. The van der Waals surface area contributed by atoms with Crippen molar-refractivity contribution in [2.75, 3.05) is 0 Å². The quantitative estimate of drug-likeness (QED) is 0.549. The predicted octanol–water partition coefficient (Wildman–Crippen LogP) is 1.30. The summed E-state index contributed by atoms with van der Waals surface area (Å²) in [7, 11) is 0.